The Kier molecular flexibility index (Phi) is 6.85. The second-order valence-electron chi connectivity index (χ2n) is 8.08. The molecule has 0 bridgehead atoms. The fourth-order valence-corrected chi connectivity index (χ4v) is 5.25. The van der Waals surface area contributed by atoms with Gasteiger partial charge in [0.05, 0.1) is 32.7 Å². The van der Waals surface area contributed by atoms with E-state index in [1.807, 2.05) is 61.5 Å². The molecule has 32 heavy (non-hydrogen) atoms. The quantitative estimate of drug-likeness (QED) is 0.584. The van der Waals surface area contributed by atoms with Crippen LogP contribution in [0.2, 0.25) is 0 Å². The van der Waals surface area contributed by atoms with Crippen molar-refractivity contribution < 1.29 is 9.00 Å². The van der Waals surface area contributed by atoms with Crippen LogP contribution in [-0.4, -0.2) is 42.3 Å². The van der Waals surface area contributed by atoms with E-state index < -0.39 is 10.8 Å². The van der Waals surface area contributed by atoms with Crippen LogP contribution < -0.4 is 15.1 Å². The number of carbonyl (C=O) groups is 1. The lowest BCUT2D eigenvalue weighted by Crippen LogP contribution is -2.19. The van der Waals surface area contributed by atoms with Crippen molar-refractivity contribution in [3.63, 3.8) is 0 Å². The maximum Gasteiger partial charge on any atom is 0.257 e. The number of carbonyl (C=O) groups excluding carboxylic acids is 1. The van der Waals surface area contributed by atoms with Gasteiger partial charge in [-0.05, 0) is 54.8 Å². The van der Waals surface area contributed by atoms with Crippen molar-refractivity contribution in [3.05, 3.63) is 78.1 Å². The van der Waals surface area contributed by atoms with Gasteiger partial charge in [-0.1, -0.05) is 18.2 Å². The molecule has 1 aromatic heterocycles. The molecule has 3 aromatic rings. The Morgan fingerprint density at radius 3 is 2.59 bits per heavy atom. The molecule has 0 saturated carbocycles. The number of amides is 1. The van der Waals surface area contributed by atoms with E-state index >= 15 is 0 Å². The summed E-state index contributed by atoms with van der Waals surface area (Å²) >= 11 is 0. The van der Waals surface area contributed by atoms with E-state index in [-0.39, 0.29) is 5.91 Å². The topological polar surface area (TPSA) is 65.5 Å². The van der Waals surface area contributed by atoms with Gasteiger partial charge in [0.1, 0.15) is 0 Å². The highest BCUT2D eigenvalue weighted by Crippen LogP contribution is 2.31. The summed E-state index contributed by atoms with van der Waals surface area (Å²) in [6, 6.07) is 17.3. The van der Waals surface area contributed by atoms with Gasteiger partial charge in [-0.3, -0.25) is 14.0 Å². The average molecular weight is 449 g/mol. The molecule has 1 atom stereocenters. The SMILES string of the molecule is CN(C)c1ccccc1CS(=O)c1cc(N2CCCC2)ccc1NC(=O)c1cccnc1. The number of aromatic nitrogens is 1. The van der Waals surface area contributed by atoms with Crippen LogP contribution in [0.15, 0.2) is 71.9 Å². The first-order valence-corrected chi connectivity index (χ1v) is 12.1. The summed E-state index contributed by atoms with van der Waals surface area (Å²) in [7, 11) is 2.62. The molecule has 1 amide bonds. The van der Waals surface area contributed by atoms with Crippen LogP contribution in [0.5, 0.6) is 0 Å². The lowest BCUT2D eigenvalue weighted by Gasteiger charge is -2.21. The highest BCUT2D eigenvalue weighted by atomic mass is 32.2. The van der Waals surface area contributed by atoms with Gasteiger partial charge in [0.2, 0.25) is 0 Å². The van der Waals surface area contributed by atoms with Gasteiger partial charge in [0, 0.05) is 51.0 Å². The van der Waals surface area contributed by atoms with Crippen LogP contribution in [0.1, 0.15) is 28.8 Å². The van der Waals surface area contributed by atoms with Crippen LogP contribution in [0.3, 0.4) is 0 Å². The molecule has 166 valence electrons. The monoisotopic (exact) mass is 448 g/mol. The normalized spacial score (nSPS) is 14.2. The zero-order valence-corrected chi connectivity index (χ0v) is 19.3. The number of hydrogen-bond donors (Lipinski definition) is 1. The maximum atomic E-state index is 13.6. The fraction of sp³-hybridized carbons (Fsp3) is 0.280. The van der Waals surface area contributed by atoms with Crippen molar-refractivity contribution >= 4 is 33.8 Å². The van der Waals surface area contributed by atoms with E-state index in [1.165, 1.54) is 6.20 Å². The van der Waals surface area contributed by atoms with E-state index in [4.69, 9.17) is 0 Å². The average Bonchev–Trinajstić information content (AvgIpc) is 3.35. The number of rotatable bonds is 7. The molecule has 4 rings (SSSR count). The summed E-state index contributed by atoms with van der Waals surface area (Å²) in [5, 5.41) is 2.95. The minimum absolute atomic E-state index is 0.265. The summed E-state index contributed by atoms with van der Waals surface area (Å²) in [4.78, 5) is 21.8. The standard InChI is InChI=1S/C25H28N4O2S/c1-28(2)23-10-4-3-8-20(23)18-32(31)24-16-21(29-14-5-6-15-29)11-12-22(24)27-25(30)19-9-7-13-26-17-19/h3-4,7-13,16-17H,5-6,14-15,18H2,1-2H3,(H,27,30). The van der Waals surface area contributed by atoms with Crippen LogP contribution in [0.4, 0.5) is 17.1 Å². The molecule has 1 N–H and O–H groups in total. The number of nitrogens with one attached hydrogen (secondary N) is 1. The molecule has 7 heteroatoms. The van der Waals surface area contributed by atoms with E-state index in [0.29, 0.717) is 21.9 Å². The molecular weight excluding hydrogens is 420 g/mol. The smallest absolute Gasteiger partial charge is 0.257 e. The van der Waals surface area contributed by atoms with Gasteiger partial charge in [0.15, 0.2) is 0 Å². The molecule has 2 heterocycles. The van der Waals surface area contributed by atoms with E-state index in [0.717, 1.165) is 42.9 Å². The Bertz CT molecular complexity index is 1110. The minimum atomic E-state index is -1.34. The lowest BCUT2D eigenvalue weighted by molar-refractivity contribution is 0.102. The third-order valence-corrected chi connectivity index (χ3v) is 7.02. The van der Waals surface area contributed by atoms with Gasteiger partial charge in [-0.2, -0.15) is 0 Å². The largest absolute Gasteiger partial charge is 0.377 e. The molecule has 0 spiro atoms. The predicted octanol–water partition coefficient (Wildman–Crippen LogP) is 4.31. The summed E-state index contributed by atoms with van der Waals surface area (Å²) in [6.07, 6.45) is 5.48. The Morgan fingerprint density at radius 2 is 1.88 bits per heavy atom. The molecule has 0 aliphatic carbocycles. The molecule has 1 aliphatic rings. The fourth-order valence-electron chi connectivity index (χ4n) is 3.95. The maximum absolute atomic E-state index is 13.6. The number of anilines is 3. The van der Waals surface area contributed by atoms with Gasteiger partial charge >= 0.3 is 0 Å². The number of benzene rings is 2. The molecule has 1 aliphatic heterocycles. The summed E-state index contributed by atoms with van der Waals surface area (Å²) < 4.78 is 13.6. The summed E-state index contributed by atoms with van der Waals surface area (Å²) in [6.45, 7) is 1.99. The Balaban J connectivity index is 1.66. The van der Waals surface area contributed by atoms with Crippen LogP contribution in [0, 0.1) is 0 Å². The first-order valence-electron chi connectivity index (χ1n) is 10.8. The highest BCUT2D eigenvalue weighted by molar-refractivity contribution is 7.84. The predicted molar refractivity (Wildman–Crippen MR) is 131 cm³/mol. The highest BCUT2D eigenvalue weighted by Gasteiger charge is 2.19. The molecule has 1 saturated heterocycles. The van der Waals surface area contributed by atoms with Crippen molar-refractivity contribution in [1.29, 1.82) is 0 Å². The van der Waals surface area contributed by atoms with Crippen LogP contribution in [-0.2, 0) is 16.6 Å². The number of hydrogen-bond acceptors (Lipinski definition) is 5. The van der Waals surface area contributed by atoms with Gasteiger partial charge in [-0.25, -0.2) is 0 Å². The Labute approximate surface area is 191 Å². The van der Waals surface area contributed by atoms with E-state index in [9.17, 15) is 9.00 Å². The third kappa shape index (κ3) is 4.99. The zero-order valence-electron chi connectivity index (χ0n) is 18.5. The Hall–Kier alpha value is -3.19. The molecule has 6 nitrogen and oxygen atoms in total. The van der Waals surface area contributed by atoms with Crippen molar-refractivity contribution in [1.82, 2.24) is 4.98 Å². The first kappa shape index (κ1) is 22.0. The van der Waals surface area contributed by atoms with Crippen molar-refractivity contribution in [2.75, 3.05) is 42.3 Å². The second kappa shape index (κ2) is 9.96. The van der Waals surface area contributed by atoms with Crippen LogP contribution in [0.25, 0.3) is 0 Å². The molecule has 0 radical (unpaired) electrons. The van der Waals surface area contributed by atoms with Gasteiger partial charge in [-0.15, -0.1) is 0 Å². The Morgan fingerprint density at radius 1 is 1.09 bits per heavy atom. The minimum Gasteiger partial charge on any atom is -0.377 e. The summed E-state index contributed by atoms with van der Waals surface area (Å²) in [5.74, 6) is 0.104. The first-order chi connectivity index (χ1) is 15.5. The molecule has 1 unspecified atom stereocenters. The zero-order chi connectivity index (χ0) is 22.5. The van der Waals surface area contributed by atoms with Crippen molar-refractivity contribution in [3.8, 4) is 0 Å². The van der Waals surface area contributed by atoms with Crippen molar-refractivity contribution in [2.24, 2.45) is 0 Å². The van der Waals surface area contributed by atoms with Crippen molar-refractivity contribution in [2.45, 2.75) is 23.5 Å². The molecular formula is C25H28N4O2S. The third-order valence-electron chi connectivity index (χ3n) is 5.61. The number of nitrogens with zero attached hydrogens (tertiary/aromatic N) is 3. The van der Waals surface area contributed by atoms with Crippen LogP contribution >= 0.6 is 0 Å². The number of para-hydroxylation sites is 1. The van der Waals surface area contributed by atoms with Gasteiger partial charge in [0.25, 0.3) is 5.91 Å². The summed E-state index contributed by atoms with van der Waals surface area (Å²) in [5.41, 5.74) is 4.13. The lowest BCUT2D eigenvalue weighted by atomic mass is 10.2. The van der Waals surface area contributed by atoms with E-state index in [2.05, 4.69) is 15.2 Å². The second-order valence-corrected chi connectivity index (χ2v) is 9.50. The molecule has 1 fully saturated rings. The molecule has 2 aromatic carbocycles. The van der Waals surface area contributed by atoms with Gasteiger partial charge < -0.3 is 15.1 Å². The van der Waals surface area contributed by atoms with E-state index in [1.54, 1.807) is 18.3 Å². The number of pyridine rings is 1.